The van der Waals surface area contributed by atoms with Gasteiger partial charge in [-0.3, -0.25) is 0 Å². The van der Waals surface area contributed by atoms with Gasteiger partial charge < -0.3 is 14.7 Å². The van der Waals surface area contributed by atoms with E-state index in [-0.39, 0.29) is 0 Å². The van der Waals surface area contributed by atoms with Crippen molar-refractivity contribution in [1.82, 2.24) is 14.7 Å². The highest BCUT2D eigenvalue weighted by Gasteiger charge is 2.40. The van der Waals surface area contributed by atoms with Gasteiger partial charge >= 0.3 is 0 Å². The Morgan fingerprint density at radius 1 is 0.393 bits per heavy atom. The molecule has 0 radical (unpaired) electrons. The Hall–Kier alpha value is -0.120. The molecule has 0 atom stereocenters. The maximum atomic E-state index is 2.48. The van der Waals surface area contributed by atoms with Crippen LogP contribution in [0.4, 0.5) is 0 Å². The summed E-state index contributed by atoms with van der Waals surface area (Å²) in [5, 5.41) is 0. The molecule has 0 spiro atoms. The van der Waals surface area contributed by atoms with Crippen molar-refractivity contribution in [3.8, 4) is 0 Å². The van der Waals surface area contributed by atoms with Crippen LogP contribution in [0.15, 0.2) is 0 Å². The van der Waals surface area contributed by atoms with Crippen molar-refractivity contribution >= 4 is 0 Å². The topological polar surface area (TPSA) is 9.72 Å². The molecule has 0 aromatic carbocycles. The first-order valence-corrected chi connectivity index (χ1v) is 12.4. The smallest absolute Gasteiger partial charge is 0.00893 e. The second-order valence-corrected chi connectivity index (χ2v) is 11.2. The largest absolute Gasteiger partial charge is 0.306 e. The van der Waals surface area contributed by atoms with Gasteiger partial charge in [0.05, 0.1) is 0 Å². The third-order valence-electron chi connectivity index (χ3n) is 9.05. The lowest BCUT2D eigenvalue weighted by atomic mass is 9.61. The van der Waals surface area contributed by atoms with Crippen molar-refractivity contribution in [1.29, 1.82) is 0 Å². The van der Waals surface area contributed by atoms with Gasteiger partial charge in [-0.15, -0.1) is 0 Å². The van der Waals surface area contributed by atoms with E-state index in [1.165, 1.54) is 77.0 Å². The van der Waals surface area contributed by atoms with Crippen molar-refractivity contribution in [2.45, 2.75) is 95.2 Å². The van der Waals surface area contributed by atoms with Gasteiger partial charge in [-0.2, -0.15) is 0 Å². The van der Waals surface area contributed by atoms with E-state index in [2.05, 4.69) is 57.0 Å². The second-order valence-electron chi connectivity index (χ2n) is 11.2. The van der Waals surface area contributed by atoms with Crippen LogP contribution < -0.4 is 0 Å². The minimum atomic E-state index is 0.839. The van der Waals surface area contributed by atoms with Gasteiger partial charge in [0, 0.05) is 18.1 Å². The summed E-state index contributed by atoms with van der Waals surface area (Å²) in [5.74, 6) is 4.06. The van der Waals surface area contributed by atoms with E-state index in [9.17, 15) is 0 Å². The van der Waals surface area contributed by atoms with Crippen LogP contribution >= 0.6 is 0 Å². The van der Waals surface area contributed by atoms with E-state index >= 15 is 0 Å². The fourth-order valence-corrected chi connectivity index (χ4v) is 7.16. The van der Waals surface area contributed by atoms with Crippen LogP contribution in [0.1, 0.15) is 77.0 Å². The molecule has 0 amide bonds. The van der Waals surface area contributed by atoms with Crippen LogP contribution in [0.2, 0.25) is 0 Å². The molecule has 0 aliphatic heterocycles. The van der Waals surface area contributed by atoms with Gasteiger partial charge in [-0.25, -0.2) is 0 Å². The number of rotatable bonds is 6. The summed E-state index contributed by atoms with van der Waals surface area (Å²) in [4.78, 5) is 7.45. The lowest BCUT2D eigenvalue weighted by molar-refractivity contribution is 0.0306. The fourth-order valence-electron chi connectivity index (χ4n) is 7.16. The second kappa shape index (κ2) is 10.3. The van der Waals surface area contributed by atoms with Gasteiger partial charge in [0.1, 0.15) is 0 Å². The third kappa shape index (κ3) is 5.52. The lowest BCUT2D eigenvalue weighted by Crippen LogP contribution is -2.42. The third-order valence-corrected chi connectivity index (χ3v) is 9.05. The Labute approximate surface area is 176 Å². The summed E-state index contributed by atoms with van der Waals surface area (Å²) >= 11 is 0. The molecule has 0 aromatic heterocycles. The van der Waals surface area contributed by atoms with Crippen LogP contribution in [0.25, 0.3) is 0 Å². The minimum Gasteiger partial charge on any atom is -0.306 e. The monoisotopic (exact) mass is 391 g/mol. The van der Waals surface area contributed by atoms with Gasteiger partial charge in [-0.05, 0) is 143 Å². The number of hydrogen-bond acceptors (Lipinski definition) is 3. The fraction of sp³-hybridized carbons (Fsp3) is 1.00. The van der Waals surface area contributed by atoms with Crippen molar-refractivity contribution in [3.63, 3.8) is 0 Å². The highest BCUT2D eigenvalue weighted by atomic mass is 15.1. The molecule has 0 aromatic rings. The zero-order valence-electron chi connectivity index (χ0n) is 19.9. The Kier molecular flexibility index (Phi) is 8.27. The number of hydrogen-bond donors (Lipinski definition) is 0. The summed E-state index contributed by atoms with van der Waals surface area (Å²) in [6, 6.07) is 2.52. The molecule has 28 heavy (non-hydrogen) atoms. The number of nitrogens with zero attached hydrogens (tertiary/aromatic N) is 3. The van der Waals surface area contributed by atoms with Gasteiger partial charge in [0.15, 0.2) is 0 Å². The highest BCUT2D eigenvalue weighted by Crippen LogP contribution is 2.48. The van der Waals surface area contributed by atoms with Crippen molar-refractivity contribution in [2.75, 3.05) is 42.3 Å². The van der Waals surface area contributed by atoms with Crippen LogP contribution in [-0.4, -0.2) is 75.1 Å². The molecule has 0 bridgehead atoms. The van der Waals surface area contributed by atoms with E-state index in [0.29, 0.717) is 0 Å². The molecule has 3 aliphatic rings. The molecule has 3 nitrogen and oxygen atoms in total. The molecule has 3 heteroatoms. The maximum Gasteiger partial charge on any atom is 0.00893 e. The average Bonchev–Trinajstić information content (AvgIpc) is 2.69. The predicted octanol–water partition coefficient (Wildman–Crippen LogP) is 4.96. The standard InChI is InChI=1S/C25H49N3/c1-26(2)22-13-7-19(8-14-22)25(20-9-15-23(16-10-20)27(3)4)21-11-17-24(18-12-21)28(5)6/h19-25H,7-18H2,1-6H3. The van der Waals surface area contributed by atoms with E-state index in [0.717, 1.165) is 41.8 Å². The molecule has 0 heterocycles. The van der Waals surface area contributed by atoms with Crippen LogP contribution in [-0.2, 0) is 0 Å². The van der Waals surface area contributed by atoms with Gasteiger partial charge in [0.25, 0.3) is 0 Å². The predicted molar refractivity (Wildman–Crippen MR) is 122 cm³/mol. The Morgan fingerprint density at radius 2 is 0.607 bits per heavy atom. The summed E-state index contributed by atoms with van der Waals surface area (Å²) < 4.78 is 0. The van der Waals surface area contributed by atoms with Crippen LogP contribution in [0.3, 0.4) is 0 Å². The normalized spacial score (nSPS) is 38.9. The molecule has 0 N–H and O–H groups in total. The molecule has 0 saturated heterocycles. The van der Waals surface area contributed by atoms with E-state index in [1.807, 2.05) is 0 Å². The van der Waals surface area contributed by atoms with Crippen LogP contribution in [0.5, 0.6) is 0 Å². The summed E-state index contributed by atoms with van der Waals surface area (Å²) in [7, 11) is 13.7. The van der Waals surface area contributed by atoms with Crippen molar-refractivity contribution in [3.05, 3.63) is 0 Å². The molecular formula is C25H49N3. The van der Waals surface area contributed by atoms with Gasteiger partial charge in [0.2, 0.25) is 0 Å². The van der Waals surface area contributed by atoms with Crippen LogP contribution in [0, 0.1) is 23.7 Å². The zero-order valence-corrected chi connectivity index (χ0v) is 19.9. The summed E-state index contributed by atoms with van der Waals surface area (Å²) in [6.07, 6.45) is 17.6. The molecule has 3 aliphatic carbocycles. The van der Waals surface area contributed by atoms with E-state index < -0.39 is 0 Å². The Bertz CT molecular complexity index is 370. The molecule has 3 saturated carbocycles. The van der Waals surface area contributed by atoms with Crippen molar-refractivity contribution in [2.24, 2.45) is 23.7 Å². The quantitative estimate of drug-likeness (QED) is 0.633. The molecule has 3 fully saturated rings. The highest BCUT2D eigenvalue weighted by molar-refractivity contribution is 4.92. The van der Waals surface area contributed by atoms with E-state index in [4.69, 9.17) is 0 Å². The molecule has 3 rings (SSSR count). The molecular weight excluding hydrogens is 342 g/mol. The van der Waals surface area contributed by atoms with Gasteiger partial charge in [-0.1, -0.05) is 0 Å². The first-order valence-electron chi connectivity index (χ1n) is 12.4. The lowest BCUT2D eigenvalue weighted by Gasteiger charge is -2.47. The first-order chi connectivity index (χ1) is 13.4. The Balaban J connectivity index is 1.65. The molecule has 164 valence electrons. The Morgan fingerprint density at radius 3 is 0.786 bits per heavy atom. The summed E-state index contributed by atoms with van der Waals surface area (Å²) in [5.41, 5.74) is 0. The SMILES string of the molecule is CN(C)C1CCC(C(C2CCC(N(C)C)CC2)C2CCC(N(C)C)CC2)CC1. The molecule has 0 unspecified atom stereocenters. The summed E-state index contributed by atoms with van der Waals surface area (Å²) in [6.45, 7) is 0. The average molecular weight is 392 g/mol. The zero-order chi connectivity index (χ0) is 20.3. The minimum absolute atomic E-state index is 0.839. The van der Waals surface area contributed by atoms with Crippen molar-refractivity contribution < 1.29 is 0 Å². The first kappa shape index (κ1) is 22.6. The van der Waals surface area contributed by atoms with E-state index in [1.54, 1.807) is 0 Å². The maximum absolute atomic E-state index is 2.48.